The molecule has 0 bridgehead atoms. The molecule has 142 valence electrons. The Balaban J connectivity index is 1.50. The van der Waals surface area contributed by atoms with Crippen molar-refractivity contribution in [1.29, 1.82) is 0 Å². The molecule has 0 heterocycles. The van der Waals surface area contributed by atoms with Crippen LogP contribution in [0.25, 0.3) is 11.1 Å². The summed E-state index contributed by atoms with van der Waals surface area (Å²) in [6, 6.07) is 21.2. The Morgan fingerprint density at radius 1 is 1.00 bits per heavy atom. The molecule has 2 N–H and O–H groups in total. The molecule has 0 aliphatic rings. The van der Waals surface area contributed by atoms with Gasteiger partial charge < -0.3 is 9.84 Å². The number of phenols is 1. The lowest BCUT2D eigenvalue weighted by molar-refractivity contribution is -0.123. The highest BCUT2D eigenvalue weighted by Gasteiger charge is 2.04. The van der Waals surface area contributed by atoms with Crippen LogP contribution in [-0.2, 0) is 4.79 Å². The van der Waals surface area contributed by atoms with Crippen LogP contribution in [0.5, 0.6) is 11.5 Å². The molecule has 0 spiro atoms. The molecular weight excluding hydrogens is 352 g/mol. The Labute approximate surface area is 164 Å². The minimum absolute atomic E-state index is 0.129. The molecule has 0 fully saturated rings. The van der Waals surface area contributed by atoms with Crippen LogP contribution in [0, 0.1) is 13.8 Å². The zero-order valence-corrected chi connectivity index (χ0v) is 15.8. The molecule has 0 unspecified atom stereocenters. The van der Waals surface area contributed by atoms with Gasteiger partial charge in [-0.05, 0) is 65.9 Å². The fourth-order valence-electron chi connectivity index (χ4n) is 2.80. The molecule has 0 saturated heterocycles. The standard InChI is InChI=1S/C23H22N2O3/c1-16-12-18(13-17(2)23(16)27)14-24-25-22(26)15-28-21-10-8-20(9-11-21)19-6-4-3-5-7-19/h3-14,27H,15H2,1-2H3,(H,25,26)/b24-14+. The van der Waals surface area contributed by atoms with E-state index in [1.54, 1.807) is 12.1 Å². The Bertz CT molecular complexity index is 957. The lowest BCUT2D eigenvalue weighted by atomic mass is 10.1. The number of nitrogens with one attached hydrogen (secondary N) is 1. The second-order valence-electron chi connectivity index (χ2n) is 6.48. The van der Waals surface area contributed by atoms with Gasteiger partial charge in [0.15, 0.2) is 6.61 Å². The van der Waals surface area contributed by atoms with Crippen molar-refractivity contribution in [3.63, 3.8) is 0 Å². The molecular formula is C23H22N2O3. The smallest absolute Gasteiger partial charge is 0.277 e. The van der Waals surface area contributed by atoms with E-state index in [0.29, 0.717) is 5.75 Å². The predicted octanol–water partition coefficient (Wildman–Crippen LogP) is 4.21. The van der Waals surface area contributed by atoms with Gasteiger partial charge in [-0.2, -0.15) is 5.10 Å². The first-order valence-electron chi connectivity index (χ1n) is 8.93. The second-order valence-corrected chi connectivity index (χ2v) is 6.48. The van der Waals surface area contributed by atoms with E-state index in [1.807, 2.05) is 68.4 Å². The van der Waals surface area contributed by atoms with Crippen molar-refractivity contribution in [2.45, 2.75) is 13.8 Å². The lowest BCUT2D eigenvalue weighted by Crippen LogP contribution is -2.24. The van der Waals surface area contributed by atoms with Crippen molar-refractivity contribution in [3.05, 3.63) is 83.4 Å². The molecule has 0 aliphatic carbocycles. The molecule has 0 radical (unpaired) electrons. The predicted molar refractivity (Wildman–Crippen MR) is 111 cm³/mol. The highest BCUT2D eigenvalue weighted by molar-refractivity contribution is 5.83. The van der Waals surface area contributed by atoms with E-state index >= 15 is 0 Å². The number of carbonyl (C=O) groups excluding carboxylic acids is 1. The average Bonchev–Trinajstić information content (AvgIpc) is 2.71. The van der Waals surface area contributed by atoms with Crippen LogP contribution < -0.4 is 10.2 Å². The van der Waals surface area contributed by atoms with Gasteiger partial charge in [0.2, 0.25) is 0 Å². The number of hydrazone groups is 1. The number of aryl methyl sites for hydroxylation is 2. The molecule has 3 rings (SSSR count). The van der Waals surface area contributed by atoms with Crippen LogP contribution in [0.4, 0.5) is 0 Å². The summed E-state index contributed by atoms with van der Waals surface area (Å²) in [4.78, 5) is 11.9. The van der Waals surface area contributed by atoms with E-state index in [2.05, 4.69) is 10.5 Å². The van der Waals surface area contributed by atoms with Crippen LogP contribution in [-0.4, -0.2) is 23.8 Å². The zero-order chi connectivity index (χ0) is 19.9. The van der Waals surface area contributed by atoms with Gasteiger partial charge in [0.05, 0.1) is 6.21 Å². The van der Waals surface area contributed by atoms with Gasteiger partial charge in [0.1, 0.15) is 11.5 Å². The van der Waals surface area contributed by atoms with Crippen molar-refractivity contribution in [2.24, 2.45) is 5.10 Å². The molecule has 0 atom stereocenters. The normalized spacial score (nSPS) is 10.8. The molecule has 3 aromatic carbocycles. The highest BCUT2D eigenvalue weighted by atomic mass is 16.5. The summed E-state index contributed by atoms with van der Waals surface area (Å²) in [5.74, 6) is 0.534. The summed E-state index contributed by atoms with van der Waals surface area (Å²) in [6.07, 6.45) is 1.53. The zero-order valence-electron chi connectivity index (χ0n) is 15.8. The van der Waals surface area contributed by atoms with E-state index in [9.17, 15) is 9.90 Å². The summed E-state index contributed by atoms with van der Waals surface area (Å²) in [5, 5.41) is 13.7. The second kappa shape index (κ2) is 8.86. The summed E-state index contributed by atoms with van der Waals surface area (Å²) in [6.45, 7) is 3.50. The Morgan fingerprint density at radius 3 is 2.25 bits per heavy atom. The summed E-state index contributed by atoms with van der Waals surface area (Å²) in [7, 11) is 0. The van der Waals surface area contributed by atoms with E-state index in [-0.39, 0.29) is 18.3 Å². The number of amides is 1. The third-order valence-corrected chi connectivity index (χ3v) is 4.25. The van der Waals surface area contributed by atoms with Gasteiger partial charge in [0, 0.05) is 0 Å². The Hall–Kier alpha value is -3.60. The van der Waals surface area contributed by atoms with Gasteiger partial charge in [-0.15, -0.1) is 0 Å². The average molecular weight is 374 g/mol. The summed E-state index contributed by atoms with van der Waals surface area (Å²) >= 11 is 0. The Morgan fingerprint density at radius 2 is 1.61 bits per heavy atom. The molecule has 0 aliphatic heterocycles. The van der Waals surface area contributed by atoms with Gasteiger partial charge in [-0.3, -0.25) is 4.79 Å². The molecule has 5 nitrogen and oxygen atoms in total. The third-order valence-electron chi connectivity index (χ3n) is 4.25. The maximum Gasteiger partial charge on any atom is 0.277 e. The number of rotatable bonds is 6. The summed E-state index contributed by atoms with van der Waals surface area (Å²) < 4.78 is 5.50. The van der Waals surface area contributed by atoms with Crippen molar-refractivity contribution in [3.8, 4) is 22.6 Å². The number of benzene rings is 3. The van der Waals surface area contributed by atoms with Crippen LogP contribution in [0.2, 0.25) is 0 Å². The van der Waals surface area contributed by atoms with Gasteiger partial charge in [0.25, 0.3) is 5.91 Å². The van der Waals surface area contributed by atoms with E-state index in [1.165, 1.54) is 6.21 Å². The van der Waals surface area contributed by atoms with Gasteiger partial charge in [-0.1, -0.05) is 42.5 Å². The number of aromatic hydroxyl groups is 1. The largest absolute Gasteiger partial charge is 0.507 e. The number of nitrogens with zero attached hydrogens (tertiary/aromatic N) is 1. The molecule has 0 aromatic heterocycles. The molecule has 5 heteroatoms. The number of hydrogen-bond donors (Lipinski definition) is 2. The fourth-order valence-corrected chi connectivity index (χ4v) is 2.80. The van der Waals surface area contributed by atoms with Crippen LogP contribution in [0.15, 0.2) is 71.8 Å². The molecule has 3 aromatic rings. The topological polar surface area (TPSA) is 70.9 Å². The molecule has 28 heavy (non-hydrogen) atoms. The minimum atomic E-state index is -0.351. The van der Waals surface area contributed by atoms with Crippen molar-refractivity contribution in [1.82, 2.24) is 5.43 Å². The van der Waals surface area contributed by atoms with Crippen LogP contribution in [0.1, 0.15) is 16.7 Å². The third kappa shape index (κ3) is 4.98. The van der Waals surface area contributed by atoms with E-state index in [0.717, 1.165) is 27.8 Å². The number of phenolic OH excluding ortho intramolecular Hbond substituents is 1. The first-order valence-corrected chi connectivity index (χ1v) is 8.93. The monoisotopic (exact) mass is 374 g/mol. The summed E-state index contributed by atoms with van der Waals surface area (Å²) in [5.41, 5.74) is 6.96. The minimum Gasteiger partial charge on any atom is -0.507 e. The van der Waals surface area contributed by atoms with Crippen LogP contribution in [0.3, 0.4) is 0 Å². The molecule has 0 saturated carbocycles. The van der Waals surface area contributed by atoms with Gasteiger partial charge >= 0.3 is 0 Å². The van der Waals surface area contributed by atoms with Gasteiger partial charge in [-0.25, -0.2) is 5.43 Å². The molecule has 1 amide bonds. The highest BCUT2D eigenvalue weighted by Crippen LogP contribution is 2.23. The maximum atomic E-state index is 11.9. The SMILES string of the molecule is Cc1cc(/C=N/NC(=O)COc2ccc(-c3ccccc3)cc2)cc(C)c1O. The van der Waals surface area contributed by atoms with Crippen molar-refractivity contribution >= 4 is 12.1 Å². The van der Waals surface area contributed by atoms with Crippen molar-refractivity contribution < 1.29 is 14.6 Å². The first-order chi connectivity index (χ1) is 13.5. The number of hydrogen-bond acceptors (Lipinski definition) is 4. The fraction of sp³-hybridized carbons (Fsp3) is 0.130. The Kier molecular flexibility index (Phi) is 6.07. The van der Waals surface area contributed by atoms with Crippen molar-refractivity contribution in [2.75, 3.05) is 6.61 Å². The van der Waals surface area contributed by atoms with Crippen LogP contribution >= 0.6 is 0 Å². The van der Waals surface area contributed by atoms with E-state index < -0.39 is 0 Å². The maximum absolute atomic E-state index is 11.9. The lowest BCUT2D eigenvalue weighted by Gasteiger charge is -2.07. The first kappa shape index (κ1) is 19.2. The van der Waals surface area contributed by atoms with E-state index in [4.69, 9.17) is 4.74 Å². The number of carbonyl (C=O) groups is 1. The number of ether oxygens (including phenoxy) is 1. The quantitative estimate of drug-likeness (QED) is 0.502.